The van der Waals surface area contributed by atoms with Gasteiger partial charge in [0.2, 0.25) is 0 Å². The van der Waals surface area contributed by atoms with Gasteiger partial charge in [0, 0.05) is 13.1 Å². The molecular formula is C22H30N2O4. The Morgan fingerprint density at radius 2 is 1.07 bits per heavy atom. The van der Waals surface area contributed by atoms with Crippen LogP contribution in [0.5, 0.6) is 11.5 Å². The summed E-state index contributed by atoms with van der Waals surface area (Å²) in [6.45, 7) is 7.49. The van der Waals surface area contributed by atoms with Crippen molar-refractivity contribution in [1.29, 1.82) is 0 Å². The van der Waals surface area contributed by atoms with E-state index in [0.717, 1.165) is 22.9 Å². The molecule has 0 spiro atoms. The number of para-hydroxylation sites is 4. The van der Waals surface area contributed by atoms with Crippen molar-refractivity contribution < 1.29 is 18.9 Å². The van der Waals surface area contributed by atoms with Crippen LogP contribution < -0.4 is 20.1 Å². The van der Waals surface area contributed by atoms with Gasteiger partial charge in [-0.25, -0.2) is 0 Å². The van der Waals surface area contributed by atoms with Gasteiger partial charge in [0.05, 0.1) is 36.8 Å². The van der Waals surface area contributed by atoms with Gasteiger partial charge in [0.15, 0.2) is 0 Å². The van der Waals surface area contributed by atoms with Crippen LogP contribution in [0, 0.1) is 0 Å². The van der Waals surface area contributed by atoms with Gasteiger partial charge in [-0.2, -0.15) is 0 Å². The highest BCUT2D eigenvalue weighted by molar-refractivity contribution is 5.57. The summed E-state index contributed by atoms with van der Waals surface area (Å²) in [6, 6.07) is 15.8. The quantitative estimate of drug-likeness (QED) is 0.718. The Balaban J connectivity index is 1.64. The van der Waals surface area contributed by atoms with Crippen LogP contribution in [0.3, 0.4) is 0 Å². The third kappa shape index (κ3) is 6.32. The number of fused-ring (bicyclic) bond motifs is 2. The van der Waals surface area contributed by atoms with Crippen molar-refractivity contribution in [3.8, 4) is 11.5 Å². The molecule has 28 heavy (non-hydrogen) atoms. The fourth-order valence-electron chi connectivity index (χ4n) is 2.90. The number of ether oxygens (including phenoxy) is 4. The molecule has 152 valence electrons. The molecule has 2 aromatic rings. The number of nitrogens with one attached hydrogen (secondary N) is 2. The van der Waals surface area contributed by atoms with E-state index < -0.39 is 0 Å². The standard InChI is InChI=1S/C22H30N2O4/c1-17-15-23-19-7-3-5-9-21(19)28-14-12-26-18(2)16-24-20-8-4-6-10-22(20)27-13-11-25-17/h3-10,17-18,23-24H,11-16H2,1-2H3. The van der Waals surface area contributed by atoms with Crippen LogP contribution in [0.1, 0.15) is 13.8 Å². The first kappa shape index (κ1) is 20.3. The second kappa shape index (κ2) is 10.8. The summed E-state index contributed by atoms with van der Waals surface area (Å²) >= 11 is 0. The Morgan fingerprint density at radius 3 is 1.54 bits per heavy atom. The first-order valence-corrected chi connectivity index (χ1v) is 9.87. The monoisotopic (exact) mass is 386 g/mol. The van der Waals surface area contributed by atoms with Gasteiger partial charge in [0.1, 0.15) is 24.7 Å². The second-order valence-electron chi connectivity index (χ2n) is 6.81. The molecule has 1 aliphatic heterocycles. The van der Waals surface area contributed by atoms with E-state index in [4.69, 9.17) is 18.9 Å². The van der Waals surface area contributed by atoms with Crippen LogP contribution >= 0.6 is 0 Å². The van der Waals surface area contributed by atoms with Crippen LogP contribution in [0.2, 0.25) is 0 Å². The molecule has 0 aromatic heterocycles. The van der Waals surface area contributed by atoms with E-state index >= 15 is 0 Å². The molecule has 0 saturated heterocycles. The normalized spacial score (nSPS) is 21.9. The van der Waals surface area contributed by atoms with E-state index in [1.807, 2.05) is 62.4 Å². The molecular weight excluding hydrogens is 356 g/mol. The highest BCUT2D eigenvalue weighted by Crippen LogP contribution is 2.25. The van der Waals surface area contributed by atoms with E-state index in [9.17, 15) is 0 Å². The lowest BCUT2D eigenvalue weighted by Gasteiger charge is -2.20. The predicted octanol–water partition coefficient (Wildman–Crippen LogP) is 3.79. The third-order valence-electron chi connectivity index (χ3n) is 4.42. The van der Waals surface area contributed by atoms with Crippen LogP contribution in [0.25, 0.3) is 0 Å². The van der Waals surface area contributed by atoms with Crippen LogP contribution in [-0.4, -0.2) is 51.7 Å². The van der Waals surface area contributed by atoms with Crippen molar-refractivity contribution in [2.24, 2.45) is 0 Å². The van der Waals surface area contributed by atoms with Gasteiger partial charge in [-0.1, -0.05) is 24.3 Å². The Kier molecular flexibility index (Phi) is 7.82. The van der Waals surface area contributed by atoms with E-state index in [0.29, 0.717) is 39.5 Å². The third-order valence-corrected chi connectivity index (χ3v) is 4.42. The number of anilines is 2. The smallest absolute Gasteiger partial charge is 0.142 e. The van der Waals surface area contributed by atoms with Crippen LogP contribution in [-0.2, 0) is 9.47 Å². The zero-order valence-corrected chi connectivity index (χ0v) is 16.6. The average Bonchev–Trinajstić information content (AvgIpc) is 2.72. The minimum atomic E-state index is 0.0492. The summed E-state index contributed by atoms with van der Waals surface area (Å²) in [5.74, 6) is 1.64. The first-order valence-electron chi connectivity index (χ1n) is 9.87. The molecule has 3 rings (SSSR count). The fraction of sp³-hybridized carbons (Fsp3) is 0.455. The Bertz CT molecular complexity index is 664. The van der Waals surface area contributed by atoms with Crippen molar-refractivity contribution in [2.75, 3.05) is 50.2 Å². The minimum Gasteiger partial charge on any atom is -0.489 e. The maximum atomic E-state index is 5.90. The zero-order valence-electron chi connectivity index (χ0n) is 16.6. The maximum Gasteiger partial charge on any atom is 0.142 e. The van der Waals surface area contributed by atoms with Crippen molar-refractivity contribution >= 4 is 11.4 Å². The van der Waals surface area contributed by atoms with Crippen molar-refractivity contribution in [1.82, 2.24) is 0 Å². The molecule has 6 nitrogen and oxygen atoms in total. The van der Waals surface area contributed by atoms with E-state index in [-0.39, 0.29) is 12.2 Å². The maximum absolute atomic E-state index is 5.90. The highest BCUT2D eigenvalue weighted by atomic mass is 16.5. The SMILES string of the molecule is CC1CNc2ccccc2OCCOC(C)CNc2ccccc2OCCO1. The van der Waals surface area contributed by atoms with Gasteiger partial charge < -0.3 is 29.6 Å². The Hall–Kier alpha value is -2.44. The molecule has 2 N–H and O–H groups in total. The van der Waals surface area contributed by atoms with Gasteiger partial charge in [-0.15, -0.1) is 0 Å². The number of rotatable bonds is 0. The molecule has 0 radical (unpaired) electrons. The minimum absolute atomic E-state index is 0.0492. The molecule has 2 aromatic carbocycles. The Morgan fingerprint density at radius 1 is 0.643 bits per heavy atom. The molecule has 2 atom stereocenters. The first-order chi connectivity index (χ1) is 13.7. The molecule has 0 saturated carbocycles. The summed E-state index contributed by atoms with van der Waals surface area (Å²) in [5.41, 5.74) is 1.91. The zero-order chi connectivity index (χ0) is 19.6. The summed E-state index contributed by atoms with van der Waals surface area (Å²) in [7, 11) is 0. The molecule has 0 bridgehead atoms. The lowest BCUT2D eigenvalue weighted by atomic mass is 10.2. The molecule has 1 aliphatic rings. The van der Waals surface area contributed by atoms with Crippen LogP contribution in [0.4, 0.5) is 11.4 Å². The lowest BCUT2D eigenvalue weighted by Crippen LogP contribution is -2.24. The largest absolute Gasteiger partial charge is 0.489 e. The molecule has 0 aliphatic carbocycles. The lowest BCUT2D eigenvalue weighted by molar-refractivity contribution is 0.0498. The molecule has 2 unspecified atom stereocenters. The summed E-state index contributed by atoms with van der Waals surface area (Å²) in [5, 5.41) is 6.80. The molecule has 6 heteroatoms. The second-order valence-corrected chi connectivity index (χ2v) is 6.81. The van der Waals surface area contributed by atoms with Gasteiger partial charge in [-0.3, -0.25) is 0 Å². The molecule has 1 heterocycles. The number of benzene rings is 2. The van der Waals surface area contributed by atoms with Gasteiger partial charge in [-0.05, 0) is 38.1 Å². The number of hydrogen-bond acceptors (Lipinski definition) is 6. The van der Waals surface area contributed by atoms with Gasteiger partial charge >= 0.3 is 0 Å². The number of hydrogen-bond donors (Lipinski definition) is 2. The van der Waals surface area contributed by atoms with Crippen molar-refractivity contribution in [3.05, 3.63) is 48.5 Å². The van der Waals surface area contributed by atoms with Crippen molar-refractivity contribution in [2.45, 2.75) is 26.1 Å². The molecule has 0 amide bonds. The summed E-state index contributed by atoms with van der Waals surface area (Å²) in [6.07, 6.45) is 0.0983. The van der Waals surface area contributed by atoms with Crippen LogP contribution in [0.15, 0.2) is 48.5 Å². The average molecular weight is 386 g/mol. The van der Waals surface area contributed by atoms with E-state index in [1.54, 1.807) is 0 Å². The molecule has 0 fully saturated rings. The van der Waals surface area contributed by atoms with Gasteiger partial charge in [0.25, 0.3) is 0 Å². The highest BCUT2D eigenvalue weighted by Gasteiger charge is 2.09. The summed E-state index contributed by atoms with van der Waals surface area (Å²) < 4.78 is 23.5. The Labute approximate surface area is 167 Å². The predicted molar refractivity (Wildman–Crippen MR) is 112 cm³/mol. The fourth-order valence-corrected chi connectivity index (χ4v) is 2.90. The topological polar surface area (TPSA) is 61.0 Å². The van der Waals surface area contributed by atoms with E-state index in [1.165, 1.54) is 0 Å². The van der Waals surface area contributed by atoms with Crippen molar-refractivity contribution in [3.63, 3.8) is 0 Å². The summed E-state index contributed by atoms with van der Waals surface area (Å²) in [4.78, 5) is 0. The van der Waals surface area contributed by atoms with E-state index in [2.05, 4.69) is 10.6 Å².